The molecule has 276 valence electrons. The third kappa shape index (κ3) is 5.45. The molecule has 50 heavy (non-hydrogen) atoms. The average molecular weight is 690 g/mol. The van der Waals surface area contributed by atoms with E-state index in [4.69, 9.17) is 9.47 Å². The van der Waals surface area contributed by atoms with Gasteiger partial charge in [-0.2, -0.15) is 0 Å². The summed E-state index contributed by atoms with van der Waals surface area (Å²) < 4.78 is 11.5. The second-order valence-electron chi connectivity index (χ2n) is 19.2. The van der Waals surface area contributed by atoms with Gasteiger partial charge in [0.05, 0.1) is 24.4 Å². The van der Waals surface area contributed by atoms with Gasteiger partial charge in [-0.25, -0.2) is 0 Å². The molecule has 7 heteroatoms. The van der Waals surface area contributed by atoms with E-state index in [1.54, 1.807) is 21.0 Å². The van der Waals surface area contributed by atoms with Crippen molar-refractivity contribution >= 4 is 23.5 Å². The minimum Gasteiger partial charge on any atom is -0.497 e. The van der Waals surface area contributed by atoms with Gasteiger partial charge in [-0.05, 0) is 155 Å². The fourth-order valence-corrected chi connectivity index (χ4v) is 13.3. The fourth-order valence-electron chi connectivity index (χ4n) is 13.3. The normalized spacial score (nSPS) is 40.3. The highest BCUT2D eigenvalue weighted by atomic mass is 16.5. The molecule has 7 nitrogen and oxygen atoms in total. The molecular formula is C43H63NO6. The number of esters is 1. The van der Waals surface area contributed by atoms with Crippen LogP contribution in [0.1, 0.15) is 126 Å². The van der Waals surface area contributed by atoms with Gasteiger partial charge in [-0.1, -0.05) is 46.8 Å². The predicted molar refractivity (Wildman–Crippen MR) is 197 cm³/mol. The number of nitrogens with one attached hydrogen (secondary N) is 1. The predicted octanol–water partition coefficient (Wildman–Crippen LogP) is 9.70. The van der Waals surface area contributed by atoms with Gasteiger partial charge >= 0.3 is 11.9 Å². The van der Waals surface area contributed by atoms with Crippen LogP contribution in [0.4, 0.5) is 5.69 Å². The number of hydrogen-bond donors (Lipinski definition) is 2. The van der Waals surface area contributed by atoms with Crippen LogP contribution in [-0.4, -0.2) is 36.2 Å². The molecule has 0 radical (unpaired) electrons. The zero-order valence-electron chi connectivity index (χ0n) is 32.2. The molecule has 1 aromatic rings. The Kier molecular flexibility index (Phi) is 9.16. The van der Waals surface area contributed by atoms with E-state index in [-0.39, 0.29) is 46.0 Å². The second kappa shape index (κ2) is 12.4. The lowest BCUT2D eigenvalue weighted by molar-refractivity contribution is -0.249. The number of carbonyl (C=O) groups is 3. The van der Waals surface area contributed by atoms with Crippen LogP contribution in [0.5, 0.6) is 5.75 Å². The lowest BCUT2D eigenvalue weighted by atomic mass is 9.32. The van der Waals surface area contributed by atoms with Gasteiger partial charge in [-0.3, -0.25) is 14.4 Å². The van der Waals surface area contributed by atoms with E-state index in [2.05, 4.69) is 53.4 Å². The van der Waals surface area contributed by atoms with E-state index in [1.165, 1.54) is 5.57 Å². The summed E-state index contributed by atoms with van der Waals surface area (Å²) in [6.45, 7) is 22.2. The molecule has 0 saturated heterocycles. The third-order valence-electron chi connectivity index (χ3n) is 16.2. The molecular weight excluding hydrogens is 626 g/mol. The number of hydrogen-bond acceptors (Lipinski definition) is 5. The molecule has 5 aliphatic carbocycles. The molecule has 5 fully saturated rings. The van der Waals surface area contributed by atoms with Crippen LogP contribution in [0.15, 0.2) is 36.4 Å². The summed E-state index contributed by atoms with van der Waals surface area (Å²) >= 11 is 0. The summed E-state index contributed by atoms with van der Waals surface area (Å²) in [6.07, 6.45) is 9.91. The van der Waals surface area contributed by atoms with E-state index in [0.717, 1.165) is 75.6 Å². The number of fused-ring (bicyclic) bond motifs is 7. The third-order valence-corrected chi connectivity index (χ3v) is 16.2. The maximum Gasteiger partial charge on any atom is 0.309 e. The van der Waals surface area contributed by atoms with Crippen molar-refractivity contribution in [2.45, 2.75) is 132 Å². The number of carboxylic acid groups (broad SMARTS) is 1. The Hall–Kier alpha value is -2.83. The number of ether oxygens (including phenoxy) is 2. The number of carboxylic acids is 1. The summed E-state index contributed by atoms with van der Waals surface area (Å²) in [5, 5.41) is 13.0. The monoisotopic (exact) mass is 689 g/mol. The first-order chi connectivity index (χ1) is 23.3. The molecule has 2 N–H and O–H groups in total. The van der Waals surface area contributed by atoms with E-state index in [0.29, 0.717) is 23.7 Å². The number of aliphatic carboxylic acids is 1. The maximum atomic E-state index is 14.5. The highest BCUT2D eigenvalue weighted by Gasteiger charge is 2.72. The first kappa shape index (κ1) is 36.9. The molecule has 0 aromatic heterocycles. The molecule has 0 unspecified atom stereocenters. The zero-order valence-corrected chi connectivity index (χ0v) is 32.2. The minimum atomic E-state index is -1.15. The molecule has 0 aliphatic heterocycles. The van der Waals surface area contributed by atoms with Crippen LogP contribution in [-0.2, 0) is 19.1 Å². The molecule has 1 aromatic carbocycles. The first-order valence-corrected chi connectivity index (χ1v) is 19.3. The molecule has 0 bridgehead atoms. The van der Waals surface area contributed by atoms with Crippen LogP contribution in [0.3, 0.4) is 0 Å². The van der Waals surface area contributed by atoms with Crippen LogP contribution < -0.4 is 10.1 Å². The van der Waals surface area contributed by atoms with Crippen molar-refractivity contribution < 1.29 is 29.0 Å². The summed E-state index contributed by atoms with van der Waals surface area (Å²) in [5.74, 6) is 1.60. The first-order valence-electron chi connectivity index (χ1n) is 19.3. The van der Waals surface area contributed by atoms with Crippen LogP contribution in [0, 0.1) is 62.1 Å². The van der Waals surface area contributed by atoms with Crippen LogP contribution >= 0.6 is 0 Å². The lowest BCUT2D eigenvalue weighted by Gasteiger charge is -2.72. The van der Waals surface area contributed by atoms with Gasteiger partial charge < -0.3 is 19.9 Å². The van der Waals surface area contributed by atoms with Crippen molar-refractivity contribution in [3.8, 4) is 5.75 Å². The van der Waals surface area contributed by atoms with Crippen LogP contribution in [0.25, 0.3) is 0 Å². The maximum absolute atomic E-state index is 14.5. The van der Waals surface area contributed by atoms with Gasteiger partial charge in [-0.15, -0.1) is 0 Å². The number of methoxy groups -OCH3 is 1. The van der Waals surface area contributed by atoms with Crippen molar-refractivity contribution in [3.05, 3.63) is 36.4 Å². The van der Waals surface area contributed by atoms with Crippen molar-refractivity contribution in [2.75, 3.05) is 12.4 Å². The lowest BCUT2D eigenvalue weighted by Crippen LogP contribution is -2.67. The number of allylic oxidation sites excluding steroid dienone is 1. The topological polar surface area (TPSA) is 102 Å². The van der Waals surface area contributed by atoms with Crippen LogP contribution in [0.2, 0.25) is 0 Å². The number of amides is 1. The van der Waals surface area contributed by atoms with Crippen molar-refractivity contribution in [2.24, 2.45) is 62.1 Å². The summed E-state index contributed by atoms with van der Waals surface area (Å²) in [4.78, 5) is 39.3. The van der Waals surface area contributed by atoms with Gasteiger partial charge in [0.25, 0.3) is 0 Å². The number of rotatable bonds is 8. The van der Waals surface area contributed by atoms with Gasteiger partial charge in [0, 0.05) is 11.1 Å². The van der Waals surface area contributed by atoms with E-state index < -0.39 is 22.8 Å². The SMILES string of the molecule is C=C(C)[C@@H]1CC[C@]2(C(=O)Nc3ccc(OC)cc3)CC[C@]3(C)[C@H](CC[C@@H]4[C@@]5(C)CC[C@H](OC(=O)CC(C)(C)C(=O)O)C(C)(C)[C@@H]5CC[C@]43C)[C@@H]12. The quantitative estimate of drug-likeness (QED) is 0.208. The Bertz CT molecular complexity index is 1530. The standard InChI is InChI=1S/C43H63NO6/c1-26(2)29-17-22-43(36(46)44-27-11-13-28(49-10)14-12-27)24-23-41(8)30(35(29)43)15-16-32-40(7)20-19-33(50-34(45)25-38(3,4)37(47)48)39(5,6)31(40)18-21-42(32,41)9/h11-14,29-33,35H,1,15-25H2,2-10H3,(H,44,46)(H,47,48)/t29-,30+,31-,32+,33-,35+,40-,41+,42+,43-/m0/s1. The fraction of sp³-hybridized carbons (Fsp3) is 0.744. The Morgan fingerprint density at radius 3 is 2.18 bits per heavy atom. The van der Waals surface area contributed by atoms with E-state index in [1.807, 2.05) is 24.3 Å². The Labute approximate surface area is 300 Å². The molecule has 5 saturated carbocycles. The molecule has 1 amide bonds. The number of anilines is 1. The minimum absolute atomic E-state index is 0.104. The molecule has 5 aliphatic rings. The summed E-state index contributed by atoms with van der Waals surface area (Å²) in [7, 11) is 1.66. The Morgan fingerprint density at radius 1 is 0.880 bits per heavy atom. The average Bonchev–Trinajstić information content (AvgIpc) is 3.44. The molecule has 0 heterocycles. The summed E-state index contributed by atoms with van der Waals surface area (Å²) in [6, 6.07) is 7.71. The zero-order chi connectivity index (χ0) is 36.7. The largest absolute Gasteiger partial charge is 0.497 e. The summed E-state index contributed by atoms with van der Waals surface area (Å²) in [5.41, 5.74) is 0.637. The van der Waals surface area contributed by atoms with E-state index in [9.17, 15) is 19.5 Å². The Balaban J connectivity index is 1.26. The van der Waals surface area contributed by atoms with Gasteiger partial charge in [0.2, 0.25) is 5.91 Å². The number of benzene rings is 1. The van der Waals surface area contributed by atoms with Crippen molar-refractivity contribution in [1.29, 1.82) is 0 Å². The Morgan fingerprint density at radius 2 is 1.56 bits per heavy atom. The van der Waals surface area contributed by atoms with E-state index >= 15 is 0 Å². The smallest absolute Gasteiger partial charge is 0.309 e. The second-order valence-corrected chi connectivity index (χ2v) is 19.2. The van der Waals surface area contributed by atoms with Crippen molar-refractivity contribution in [1.82, 2.24) is 0 Å². The highest BCUT2D eigenvalue weighted by molar-refractivity contribution is 5.96. The van der Waals surface area contributed by atoms with Gasteiger partial charge in [0.15, 0.2) is 0 Å². The number of carbonyl (C=O) groups excluding carboxylic acids is 2. The molecule has 6 rings (SSSR count). The molecule has 0 spiro atoms. The highest BCUT2D eigenvalue weighted by Crippen LogP contribution is 2.77. The van der Waals surface area contributed by atoms with Gasteiger partial charge in [0.1, 0.15) is 11.9 Å². The van der Waals surface area contributed by atoms with Crippen molar-refractivity contribution in [3.63, 3.8) is 0 Å². The molecule has 10 atom stereocenters.